The molecule has 0 aliphatic heterocycles. The predicted octanol–water partition coefficient (Wildman–Crippen LogP) is 4.06. The minimum Gasteiger partial charge on any atom is -0.367 e. The third-order valence-corrected chi connectivity index (χ3v) is 5.03. The number of aromatic nitrogens is 4. The summed E-state index contributed by atoms with van der Waals surface area (Å²) in [5, 5.41) is 6.64. The van der Waals surface area contributed by atoms with E-state index in [1.165, 1.54) is 6.92 Å². The number of amides is 1. The normalized spacial score (nSPS) is 14.7. The fourth-order valence-corrected chi connectivity index (χ4v) is 3.35. The number of carbonyl (C=O) groups is 1. The first kappa shape index (κ1) is 19.2. The second-order valence-electron chi connectivity index (χ2n) is 7.54. The molecule has 1 fully saturated rings. The van der Waals surface area contributed by atoms with Gasteiger partial charge in [0.05, 0.1) is 17.4 Å². The van der Waals surface area contributed by atoms with Gasteiger partial charge in [0, 0.05) is 50.1 Å². The van der Waals surface area contributed by atoms with Crippen molar-refractivity contribution in [3.8, 4) is 11.3 Å². The van der Waals surface area contributed by atoms with Gasteiger partial charge in [0.25, 0.3) is 0 Å². The lowest BCUT2D eigenvalue weighted by molar-refractivity contribution is -0.114. The summed E-state index contributed by atoms with van der Waals surface area (Å²) < 4.78 is 30.0. The van der Waals surface area contributed by atoms with Crippen LogP contribution in [-0.4, -0.2) is 31.5 Å². The number of hydrogen-bond acceptors (Lipinski definition) is 5. The average molecular weight is 400 g/mol. The van der Waals surface area contributed by atoms with E-state index in [0.29, 0.717) is 22.9 Å². The van der Waals surface area contributed by atoms with Crippen LogP contribution in [0.3, 0.4) is 0 Å². The molecule has 152 valence electrons. The molecule has 29 heavy (non-hydrogen) atoms. The first-order chi connectivity index (χ1) is 13.7. The third kappa shape index (κ3) is 3.90. The lowest BCUT2D eigenvalue weighted by Crippen LogP contribution is -2.28. The SMILES string of the molecule is CC(=O)Nc1cc2c(-c3cc(NC4CCC4)nc(C(C)(F)F)n3)cn(C)c2cn1. The summed E-state index contributed by atoms with van der Waals surface area (Å²) in [4.78, 5) is 23.8. The molecule has 3 aromatic rings. The van der Waals surface area contributed by atoms with Crippen LogP contribution < -0.4 is 10.6 Å². The molecule has 1 saturated carbocycles. The number of nitrogens with zero attached hydrogens (tertiary/aromatic N) is 4. The van der Waals surface area contributed by atoms with Crippen LogP contribution in [0, 0.1) is 0 Å². The summed E-state index contributed by atoms with van der Waals surface area (Å²) >= 11 is 0. The number of pyridine rings is 1. The van der Waals surface area contributed by atoms with E-state index in [-0.39, 0.29) is 11.9 Å². The van der Waals surface area contributed by atoms with E-state index in [9.17, 15) is 13.6 Å². The Labute approximate surface area is 166 Å². The van der Waals surface area contributed by atoms with Gasteiger partial charge in [-0.05, 0) is 25.3 Å². The molecular formula is C20H22F2N6O. The van der Waals surface area contributed by atoms with Crippen molar-refractivity contribution in [3.05, 3.63) is 30.4 Å². The van der Waals surface area contributed by atoms with Gasteiger partial charge in [0.15, 0.2) is 0 Å². The minimum atomic E-state index is -3.17. The quantitative estimate of drug-likeness (QED) is 0.675. The molecule has 0 spiro atoms. The Morgan fingerprint density at radius 2 is 2.00 bits per heavy atom. The van der Waals surface area contributed by atoms with Crippen LogP contribution >= 0.6 is 0 Å². The topological polar surface area (TPSA) is 84.7 Å². The first-order valence-corrected chi connectivity index (χ1v) is 9.47. The number of nitrogens with one attached hydrogen (secondary N) is 2. The molecule has 0 saturated heterocycles. The van der Waals surface area contributed by atoms with E-state index in [4.69, 9.17) is 0 Å². The van der Waals surface area contributed by atoms with Crippen LogP contribution in [-0.2, 0) is 17.8 Å². The highest BCUT2D eigenvalue weighted by atomic mass is 19.3. The van der Waals surface area contributed by atoms with E-state index in [2.05, 4.69) is 25.6 Å². The average Bonchev–Trinajstić information content (AvgIpc) is 2.93. The monoisotopic (exact) mass is 400 g/mol. The number of rotatable bonds is 5. The molecule has 2 N–H and O–H groups in total. The number of hydrogen-bond donors (Lipinski definition) is 2. The number of carbonyl (C=O) groups excluding carboxylic acids is 1. The first-order valence-electron chi connectivity index (χ1n) is 9.47. The molecule has 0 aromatic carbocycles. The maximum absolute atomic E-state index is 14.1. The van der Waals surface area contributed by atoms with E-state index in [1.54, 1.807) is 18.3 Å². The molecule has 1 aliphatic rings. The molecule has 3 heterocycles. The Balaban J connectivity index is 1.84. The van der Waals surface area contributed by atoms with Crippen LogP contribution in [0.2, 0.25) is 0 Å². The molecule has 0 bridgehead atoms. The van der Waals surface area contributed by atoms with Crippen LogP contribution in [0.4, 0.5) is 20.4 Å². The Morgan fingerprint density at radius 3 is 2.62 bits per heavy atom. The fourth-order valence-electron chi connectivity index (χ4n) is 3.35. The summed E-state index contributed by atoms with van der Waals surface area (Å²) in [5.41, 5.74) is 1.86. The van der Waals surface area contributed by atoms with Gasteiger partial charge in [0.2, 0.25) is 11.7 Å². The van der Waals surface area contributed by atoms with Gasteiger partial charge < -0.3 is 15.2 Å². The second kappa shape index (κ2) is 7.06. The van der Waals surface area contributed by atoms with E-state index < -0.39 is 11.7 Å². The molecule has 7 nitrogen and oxygen atoms in total. The molecule has 4 rings (SSSR count). The van der Waals surface area contributed by atoms with Crippen LogP contribution in [0.15, 0.2) is 24.5 Å². The van der Waals surface area contributed by atoms with Gasteiger partial charge >= 0.3 is 5.92 Å². The van der Waals surface area contributed by atoms with Crippen molar-refractivity contribution >= 4 is 28.4 Å². The summed E-state index contributed by atoms with van der Waals surface area (Å²) in [7, 11) is 1.84. The zero-order valence-electron chi connectivity index (χ0n) is 16.5. The highest BCUT2D eigenvalue weighted by Gasteiger charge is 2.30. The molecule has 0 atom stereocenters. The zero-order chi connectivity index (χ0) is 20.8. The maximum Gasteiger partial charge on any atom is 0.303 e. The van der Waals surface area contributed by atoms with Crippen LogP contribution in [0.5, 0.6) is 0 Å². The number of aryl methyl sites for hydroxylation is 1. The van der Waals surface area contributed by atoms with Gasteiger partial charge in [-0.2, -0.15) is 8.78 Å². The van der Waals surface area contributed by atoms with Crippen LogP contribution in [0.1, 0.15) is 38.9 Å². The molecule has 0 unspecified atom stereocenters. The molecule has 1 aliphatic carbocycles. The second-order valence-corrected chi connectivity index (χ2v) is 7.54. The van der Waals surface area contributed by atoms with Crippen LogP contribution in [0.25, 0.3) is 22.2 Å². The Morgan fingerprint density at radius 1 is 1.24 bits per heavy atom. The lowest BCUT2D eigenvalue weighted by atomic mass is 9.93. The Hall–Kier alpha value is -3.10. The van der Waals surface area contributed by atoms with Crippen molar-refractivity contribution in [2.75, 3.05) is 10.6 Å². The minimum absolute atomic E-state index is 0.240. The van der Waals surface area contributed by atoms with Crippen molar-refractivity contribution in [1.29, 1.82) is 0 Å². The van der Waals surface area contributed by atoms with Crippen molar-refractivity contribution in [3.63, 3.8) is 0 Å². The van der Waals surface area contributed by atoms with Crippen molar-refractivity contribution in [2.24, 2.45) is 7.05 Å². The Bertz CT molecular complexity index is 1080. The van der Waals surface area contributed by atoms with Gasteiger partial charge in [-0.25, -0.2) is 15.0 Å². The fraction of sp³-hybridized carbons (Fsp3) is 0.400. The van der Waals surface area contributed by atoms with Gasteiger partial charge in [-0.3, -0.25) is 4.79 Å². The summed E-state index contributed by atoms with van der Waals surface area (Å²) in [6.07, 6.45) is 6.56. The molecule has 9 heteroatoms. The Kier molecular flexibility index (Phi) is 4.68. The maximum atomic E-state index is 14.1. The third-order valence-electron chi connectivity index (χ3n) is 5.03. The molecular weight excluding hydrogens is 378 g/mol. The lowest BCUT2D eigenvalue weighted by Gasteiger charge is -2.27. The van der Waals surface area contributed by atoms with Gasteiger partial charge in [0.1, 0.15) is 11.6 Å². The summed E-state index contributed by atoms with van der Waals surface area (Å²) in [6.45, 7) is 2.19. The highest BCUT2D eigenvalue weighted by molar-refractivity contribution is 5.98. The van der Waals surface area contributed by atoms with Crippen molar-refractivity contribution < 1.29 is 13.6 Å². The number of halogens is 2. The standard InChI is InChI=1S/C20H22F2N6O/c1-11(29)24-17-7-13-14(10-28(3)16(13)9-23-17)15-8-18(25-12-5-4-6-12)27-19(26-15)20(2,21)22/h7-10,12H,4-6H2,1-3H3,(H,23,24,29)(H,25,26,27). The summed E-state index contributed by atoms with van der Waals surface area (Å²) in [6, 6.07) is 3.66. The molecule has 0 radical (unpaired) electrons. The number of alkyl halides is 2. The van der Waals surface area contributed by atoms with Crippen molar-refractivity contribution in [1.82, 2.24) is 19.5 Å². The van der Waals surface area contributed by atoms with E-state index >= 15 is 0 Å². The molecule has 1 amide bonds. The van der Waals surface area contributed by atoms with Crippen molar-refractivity contribution in [2.45, 2.75) is 45.1 Å². The predicted molar refractivity (Wildman–Crippen MR) is 107 cm³/mol. The van der Waals surface area contributed by atoms with E-state index in [0.717, 1.165) is 37.1 Å². The molecule has 3 aromatic heterocycles. The van der Waals surface area contributed by atoms with Gasteiger partial charge in [-0.15, -0.1) is 0 Å². The zero-order valence-corrected chi connectivity index (χ0v) is 16.5. The smallest absolute Gasteiger partial charge is 0.303 e. The number of anilines is 2. The highest BCUT2D eigenvalue weighted by Crippen LogP contribution is 2.34. The van der Waals surface area contributed by atoms with E-state index in [1.807, 2.05) is 17.8 Å². The van der Waals surface area contributed by atoms with Gasteiger partial charge in [-0.1, -0.05) is 0 Å². The number of fused-ring (bicyclic) bond motifs is 1. The summed E-state index contributed by atoms with van der Waals surface area (Å²) in [5.74, 6) is -3.15. The largest absolute Gasteiger partial charge is 0.367 e.